The van der Waals surface area contributed by atoms with E-state index in [2.05, 4.69) is 14.4 Å². The first-order valence-electron chi connectivity index (χ1n) is 6.60. The number of hydrogen-bond acceptors (Lipinski definition) is 4. The highest BCUT2D eigenvalue weighted by Gasteiger charge is 2.22. The summed E-state index contributed by atoms with van der Waals surface area (Å²) in [6.45, 7) is 3.03. The van der Waals surface area contributed by atoms with Crippen molar-refractivity contribution in [3.8, 4) is 0 Å². The molecule has 0 bridgehead atoms. The van der Waals surface area contributed by atoms with Crippen LogP contribution in [0, 0.1) is 0 Å². The molecule has 0 saturated heterocycles. The number of nitrogens with zero attached hydrogens (tertiary/aromatic N) is 1. The first-order valence-corrected chi connectivity index (χ1v) is 8.04. The fourth-order valence-corrected chi connectivity index (χ4v) is 3.18. The lowest BCUT2D eigenvalue weighted by molar-refractivity contribution is -0.115. The number of anilines is 1. The zero-order chi connectivity index (χ0) is 16.3. The van der Waals surface area contributed by atoms with Gasteiger partial charge in [-0.25, -0.2) is 0 Å². The summed E-state index contributed by atoms with van der Waals surface area (Å²) in [5, 5.41) is 11.8. The lowest BCUT2D eigenvalue weighted by atomic mass is 10.1. The first kappa shape index (κ1) is 16.2. The van der Waals surface area contributed by atoms with E-state index in [1.807, 2.05) is 0 Å². The SMILES string of the molecule is CC1=NS(=O)(=O)NC(C)=C1CC(=O)Nc1cccc(CO)c1. The fourth-order valence-electron chi connectivity index (χ4n) is 2.16. The second-order valence-corrected chi connectivity index (χ2v) is 6.28. The molecule has 0 atom stereocenters. The van der Waals surface area contributed by atoms with Crippen molar-refractivity contribution in [1.82, 2.24) is 4.72 Å². The molecule has 1 aliphatic rings. The number of benzene rings is 1. The van der Waals surface area contributed by atoms with Crippen molar-refractivity contribution in [3.05, 3.63) is 41.1 Å². The van der Waals surface area contributed by atoms with Gasteiger partial charge in [0.2, 0.25) is 5.91 Å². The summed E-state index contributed by atoms with van der Waals surface area (Å²) in [5.74, 6) is -0.292. The number of nitrogens with one attached hydrogen (secondary N) is 2. The maximum atomic E-state index is 12.1. The Morgan fingerprint density at radius 3 is 2.73 bits per heavy atom. The van der Waals surface area contributed by atoms with Crippen LogP contribution in [0.3, 0.4) is 0 Å². The van der Waals surface area contributed by atoms with Gasteiger partial charge in [0.05, 0.1) is 18.7 Å². The van der Waals surface area contributed by atoms with E-state index in [9.17, 15) is 13.2 Å². The molecule has 0 spiro atoms. The van der Waals surface area contributed by atoms with E-state index in [1.54, 1.807) is 38.1 Å². The van der Waals surface area contributed by atoms with Crippen LogP contribution in [0.25, 0.3) is 0 Å². The van der Waals surface area contributed by atoms with E-state index in [4.69, 9.17) is 5.11 Å². The van der Waals surface area contributed by atoms with Crippen molar-refractivity contribution in [2.24, 2.45) is 4.40 Å². The third-order valence-corrected chi connectivity index (χ3v) is 4.24. The Morgan fingerprint density at radius 2 is 2.09 bits per heavy atom. The molecule has 118 valence electrons. The highest BCUT2D eigenvalue weighted by atomic mass is 32.2. The Labute approximate surface area is 129 Å². The third-order valence-electron chi connectivity index (χ3n) is 3.16. The maximum Gasteiger partial charge on any atom is 0.342 e. The maximum absolute atomic E-state index is 12.1. The molecule has 3 N–H and O–H groups in total. The molecule has 2 rings (SSSR count). The molecule has 22 heavy (non-hydrogen) atoms. The highest BCUT2D eigenvalue weighted by molar-refractivity contribution is 7.88. The zero-order valence-electron chi connectivity index (χ0n) is 12.3. The van der Waals surface area contributed by atoms with Gasteiger partial charge in [-0.15, -0.1) is 4.40 Å². The van der Waals surface area contributed by atoms with E-state index in [0.717, 1.165) is 0 Å². The minimum absolute atomic E-state index is 0.00698. The second kappa shape index (κ2) is 6.29. The number of carbonyl (C=O) groups excluding carboxylic acids is 1. The van der Waals surface area contributed by atoms with Crippen LogP contribution < -0.4 is 10.0 Å². The van der Waals surface area contributed by atoms with Gasteiger partial charge in [-0.05, 0) is 31.5 Å². The predicted octanol–water partition coefficient (Wildman–Crippen LogP) is 1.09. The molecule has 1 aliphatic heterocycles. The quantitative estimate of drug-likeness (QED) is 0.770. The molecule has 7 nitrogen and oxygen atoms in total. The van der Waals surface area contributed by atoms with Crippen LogP contribution in [0.1, 0.15) is 25.8 Å². The first-order chi connectivity index (χ1) is 10.3. The van der Waals surface area contributed by atoms with Crippen molar-refractivity contribution in [1.29, 1.82) is 0 Å². The Bertz CT molecular complexity index is 766. The van der Waals surface area contributed by atoms with Crippen LogP contribution in [0.5, 0.6) is 0 Å². The highest BCUT2D eigenvalue weighted by Crippen LogP contribution is 2.18. The molecule has 8 heteroatoms. The van der Waals surface area contributed by atoms with E-state index in [0.29, 0.717) is 28.2 Å². The summed E-state index contributed by atoms with van der Waals surface area (Å²) >= 11 is 0. The van der Waals surface area contributed by atoms with Crippen LogP contribution in [0.2, 0.25) is 0 Å². The Kier molecular flexibility index (Phi) is 4.62. The lowest BCUT2D eigenvalue weighted by Gasteiger charge is -2.17. The Hall–Kier alpha value is -2.19. The van der Waals surface area contributed by atoms with Gasteiger partial charge in [-0.3, -0.25) is 9.52 Å². The number of aliphatic hydroxyl groups is 1. The van der Waals surface area contributed by atoms with Crippen LogP contribution in [0.15, 0.2) is 39.9 Å². The number of allylic oxidation sites excluding steroid dienone is 1. The molecule has 1 amide bonds. The summed E-state index contributed by atoms with van der Waals surface area (Å²) in [7, 11) is -3.70. The second-order valence-electron chi connectivity index (χ2n) is 4.94. The molecule has 0 saturated carbocycles. The van der Waals surface area contributed by atoms with Gasteiger partial charge >= 0.3 is 10.2 Å². The standard InChI is InChI=1S/C14H17N3O4S/c1-9-13(10(2)17-22(20,21)16-9)7-14(19)15-12-5-3-4-11(6-12)8-18/h3-6,16,18H,7-8H2,1-2H3,(H,15,19). The molecule has 1 aromatic carbocycles. The molecule has 0 unspecified atom stereocenters. The summed E-state index contributed by atoms with van der Waals surface area (Å²) < 4.78 is 28.6. The fraction of sp³-hybridized carbons (Fsp3) is 0.286. The van der Waals surface area contributed by atoms with E-state index >= 15 is 0 Å². The Morgan fingerprint density at radius 1 is 1.36 bits per heavy atom. The normalized spacial score (nSPS) is 16.8. The van der Waals surface area contributed by atoms with Crippen molar-refractivity contribution in [2.45, 2.75) is 26.9 Å². The molecule has 0 fully saturated rings. The minimum Gasteiger partial charge on any atom is -0.392 e. The number of rotatable bonds is 4. The van der Waals surface area contributed by atoms with Gasteiger partial charge in [-0.2, -0.15) is 8.42 Å². The van der Waals surface area contributed by atoms with Crippen LogP contribution in [0.4, 0.5) is 5.69 Å². The Balaban J connectivity index is 2.11. The topological polar surface area (TPSA) is 108 Å². The van der Waals surface area contributed by atoms with Gasteiger partial charge in [0.15, 0.2) is 0 Å². The van der Waals surface area contributed by atoms with Crippen molar-refractivity contribution in [3.63, 3.8) is 0 Å². The monoisotopic (exact) mass is 323 g/mol. The van der Waals surface area contributed by atoms with E-state index < -0.39 is 10.2 Å². The molecular weight excluding hydrogens is 306 g/mol. The molecule has 0 radical (unpaired) electrons. The molecule has 0 aromatic heterocycles. The number of amides is 1. The molecule has 1 aromatic rings. The number of aliphatic hydroxyl groups excluding tert-OH is 1. The van der Waals surface area contributed by atoms with E-state index in [-0.39, 0.29) is 18.9 Å². The smallest absolute Gasteiger partial charge is 0.342 e. The average molecular weight is 323 g/mol. The largest absolute Gasteiger partial charge is 0.392 e. The lowest BCUT2D eigenvalue weighted by Crippen LogP contribution is -2.29. The van der Waals surface area contributed by atoms with Crippen molar-refractivity contribution >= 4 is 27.5 Å². The van der Waals surface area contributed by atoms with Crippen molar-refractivity contribution in [2.75, 3.05) is 5.32 Å². The summed E-state index contributed by atoms with van der Waals surface area (Å²) in [6.07, 6.45) is 0.00698. The third kappa shape index (κ3) is 3.92. The molecule has 0 aliphatic carbocycles. The van der Waals surface area contributed by atoms with Gasteiger partial charge in [0.1, 0.15) is 0 Å². The van der Waals surface area contributed by atoms with Crippen LogP contribution in [-0.2, 0) is 21.6 Å². The van der Waals surface area contributed by atoms with Crippen molar-refractivity contribution < 1.29 is 18.3 Å². The number of hydrogen-bond donors (Lipinski definition) is 3. The molecule has 1 heterocycles. The molecular formula is C14H17N3O4S. The zero-order valence-corrected chi connectivity index (χ0v) is 13.1. The number of carbonyl (C=O) groups is 1. The minimum atomic E-state index is -3.70. The van der Waals surface area contributed by atoms with Crippen LogP contribution in [-0.4, -0.2) is 25.1 Å². The summed E-state index contributed by atoms with van der Waals surface area (Å²) in [4.78, 5) is 12.1. The van der Waals surface area contributed by atoms with Gasteiger partial charge in [0, 0.05) is 17.0 Å². The predicted molar refractivity (Wildman–Crippen MR) is 83.5 cm³/mol. The van der Waals surface area contributed by atoms with Gasteiger partial charge < -0.3 is 10.4 Å². The summed E-state index contributed by atoms with van der Waals surface area (Å²) in [6, 6.07) is 6.86. The van der Waals surface area contributed by atoms with Gasteiger partial charge in [-0.1, -0.05) is 12.1 Å². The van der Waals surface area contributed by atoms with E-state index in [1.165, 1.54) is 0 Å². The average Bonchev–Trinajstić information content (AvgIpc) is 2.42. The summed E-state index contributed by atoms with van der Waals surface area (Å²) in [5.41, 5.74) is 2.50. The van der Waals surface area contributed by atoms with Crippen LogP contribution >= 0.6 is 0 Å². The van der Waals surface area contributed by atoms with Gasteiger partial charge in [0.25, 0.3) is 0 Å².